The summed E-state index contributed by atoms with van der Waals surface area (Å²) in [6, 6.07) is 15.7. The van der Waals surface area contributed by atoms with Gasteiger partial charge in [-0.25, -0.2) is 0 Å². The van der Waals surface area contributed by atoms with Crippen LogP contribution >= 0.6 is 23.4 Å². The summed E-state index contributed by atoms with van der Waals surface area (Å²) in [5.41, 5.74) is 3.09. The number of nitrogens with zero attached hydrogens (tertiary/aromatic N) is 5. The van der Waals surface area contributed by atoms with Crippen molar-refractivity contribution in [2.45, 2.75) is 25.8 Å². The van der Waals surface area contributed by atoms with Gasteiger partial charge in [0.2, 0.25) is 11.1 Å². The first-order chi connectivity index (χ1) is 18.0. The number of carbonyl (C=O) groups excluding carboxylic acids is 2. The van der Waals surface area contributed by atoms with Crippen LogP contribution in [0.5, 0.6) is 0 Å². The molecular weight excluding hydrogens is 508 g/mol. The highest BCUT2D eigenvalue weighted by molar-refractivity contribution is 8.27. The van der Waals surface area contributed by atoms with Gasteiger partial charge < -0.3 is 9.47 Å². The van der Waals surface area contributed by atoms with E-state index in [0.29, 0.717) is 21.8 Å². The SMILES string of the molecule is N=C1/C(=C/c2cn(Cc3ccc(Cl)cc3)c3ccccc23)C(=O)N=C2SC(CC(=O)N3CCCC3)=NN12. The van der Waals surface area contributed by atoms with E-state index in [-0.39, 0.29) is 23.7 Å². The molecule has 0 saturated carbocycles. The van der Waals surface area contributed by atoms with Gasteiger partial charge in [-0.05, 0) is 54.4 Å². The lowest BCUT2D eigenvalue weighted by molar-refractivity contribution is -0.128. The van der Waals surface area contributed by atoms with E-state index in [2.05, 4.69) is 14.7 Å². The second kappa shape index (κ2) is 9.64. The van der Waals surface area contributed by atoms with Gasteiger partial charge in [-0.3, -0.25) is 15.0 Å². The van der Waals surface area contributed by atoms with Crippen molar-refractivity contribution in [3.63, 3.8) is 0 Å². The molecule has 1 aromatic heterocycles. The summed E-state index contributed by atoms with van der Waals surface area (Å²) >= 11 is 7.22. The molecule has 0 radical (unpaired) electrons. The van der Waals surface area contributed by atoms with E-state index < -0.39 is 5.91 Å². The molecule has 3 aliphatic rings. The van der Waals surface area contributed by atoms with E-state index in [1.54, 1.807) is 6.08 Å². The molecule has 0 spiro atoms. The highest BCUT2D eigenvalue weighted by atomic mass is 35.5. The van der Waals surface area contributed by atoms with E-state index in [1.165, 1.54) is 16.8 Å². The first kappa shape index (κ1) is 23.7. The molecule has 37 heavy (non-hydrogen) atoms. The van der Waals surface area contributed by atoms with Crippen LogP contribution in [0.2, 0.25) is 5.02 Å². The van der Waals surface area contributed by atoms with Crippen LogP contribution in [-0.2, 0) is 16.1 Å². The lowest BCUT2D eigenvalue weighted by Crippen LogP contribution is -2.35. The Bertz CT molecular complexity index is 1530. The van der Waals surface area contributed by atoms with Crippen LogP contribution in [0, 0.1) is 5.41 Å². The number of benzene rings is 2. The quantitative estimate of drug-likeness (QED) is 0.471. The number of para-hydroxylation sites is 1. The zero-order valence-corrected chi connectivity index (χ0v) is 21.4. The summed E-state index contributed by atoms with van der Waals surface area (Å²) in [7, 11) is 0. The minimum atomic E-state index is -0.486. The Morgan fingerprint density at radius 2 is 1.86 bits per heavy atom. The summed E-state index contributed by atoms with van der Waals surface area (Å²) < 4.78 is 2.11. The van der Waals surface area contributed by atoms with Gasteiger partial charge in [-0.15, -0.1) is 0 Å². The summed E-state index contributed by atoms with van der Waals surface area (Å²) in [5.74, 6) is -0.507. The molecule has 6 rings (SSSR count). The fourth-order valence-corrected chi connectivity index (χ4v) is 5.78. The molecule has 1 saturated heterocycles. The van der Waals surface area contributed by atoms with Gasteiger partial charge in [0, 0.05) is 47.3 Å². The van der Waals surface area contributed by atoms with Gasteiger partial charge in [0.05, 0.1) is 12.0 Å². The average molecular weight is 531 g/mol. The lowest BCUT2D eigenvalue weighted by atomic mass is 10.1. The highest BCUT2D eigenvalue weighted by Crippen LogP contribution is 2.31. The Kier molecular flexibility index (Phi) is 6.18. The Hall–Kier alpha value is -3.69. The summed E-state index contributed by atoms with van der Waals surface area (Å²) in [6.45, 7) is 2.18. The fraction of sp³-hybridized carbons (Fsp3) is 0.222. The highest BCUT2D eigenvalue weighted by Gasteiger charge is 2.36. The fourth-order valence-electron chi connectivity index (χ4n) is 4.77. The van der Waals surface area contributed by atoms with Gasteiger partial charge in [-0.1, -0.05) is 41.9 Å². The second-order valence-corrected chi connectivity index (χ2v) is 10.6. The number of thioether (sulfide) groups is 1. The Morgan fingerprint density at radius 3 is 2.65 bits per heavy atom. The van der Waals surface area contributed by atoms with Crippen LogP contribution in [0.4, 0.5) is 0 Å². The number of hydrazone groups is 1. The number of nitrogens with one attached hydrogen (secondary N) is 1. The zero-order valence-electron chi connectivity index (χ0n) is 19.9. The number of carbonyl (C=O) groups is 2. The Labute approximate surface area is 222 Å². The molecule has 2 aromatic carbocycles. The molecule has 0 atom stereocenters. The number of amides is 2. The van der Waals surface area contributed by atoms with Crippen molar-refractivity contribution in [3.8, 4) is 0 Å². The number of amidine groups is 2. The third-order valence-electron chi connectivity index (χ3n) is 6.64. The summed E-state index contributed by atoms with van der Waals surface area (Å²) in [5, 5.41) is 17.1. The van der Waals surface area contributed by atoms with Crippen molar-refractivity contribution in [3.05, 3.63) is 76.5 Å². The number of aromatic nitrogens is 1. The molecule has 3 aliphatic heterocycles. The van der Waals surface area contributed by atoms with Crippen molar-refractivity contribution in [1.82, 2.24) is 14.5 Å². The van der Waals surface area contributed by atoms with E-state index in [9.17, 15) is 9.59 Å². The number of aliphatic imine (C=N–C) groups is 1. The molecule has 1 fully saturated rings. The Morgan fingerprint density at radius 1 is 1.11 bits per heavy atom. The first-order valence-corrected chi connectivity index (χ1v) is 13.2. The number of hydrogen-bond acceptors (Lipinski definition) is 5. The molecule has 3 aromatic rings. The number of rotatable bonds is 5. The summed E-state index contributed by atoms with van der Waals surface area (Å²) in [4.78, 5) is 31.6. The van der Waals surface area contributed by atoms with E-state index in [1.807, 2.05) is 59.6 Å². The van der Waals surface area contributed by atoms with Crippen molar-refractivity contribution >= 4 is 68.2 Å². The monoisotopic (exact) mass is 530 g/mol. The molecule has 4 heterocycles. The van der Waals surface area contributed by atoms with Gasteiger partial charge in [-0.2, -0.15) is 15.1 Å². The van der Waals surface area contributed by atoms with E-state index >= 15 is 0 Å². The van der Waals surface area contributed by atoms with Crippen molar-refractivity contribution in [2.24, 2.45) is 10.1 Å². The van der Waals surface area contributed by atoms with Crippen molar-refractivity contribution in [1.29, 1.82) is 5.41 Å². The lowest BCUT2D eigenvalue weighted by Gasteiger charge is -2.20. The minimum Gasteiger partial charge on any atom is -0.342 e. The van der Waals surface area contributed by atoms with Gasteiger partial charge in [0.1, 0.15) is 5.04 Å². The second-order valence-electron chi connectivity index (χ2n) is 9.13. The first-order valence-electron chi connectivity index (χ1n) is 12.1. The van der Waals surface area contributed by atoms with Crippen LogP contribution in [0.25, 0.3) is 17.0 Å². The average Bonchev–Trinajstić information content (AvgIpc) is 3.63. The molecule has 0 bridgehead atoms. The molecule has 2 amide bonds. The normalized spacial score (nSPS) is 18.6. The number of fused-ring (bicyclic) bond motifs is 2. The van der Waals surface area contributed by atoms with Gasteiger partial charge in [0.25, 0.3) is 5.91 Å². The third-order valence-corrected chi connectivity index (χ3v) is 7.80. The minimum absolute atomic E-state index is 0.0197. The topological polar surface area (TPSA) is 94.1 Å². The predicted octanol–water partition coefficient (Wildman–Crippen LogP) is 4.97. The van der Waals surface area contributed by atoms with Gasteiger partial charge >= 0.3 is 0 Å². The number of halogens is 1. The maximum Gasteiger partial charge on any atom is 0.283 e. The van der Waals surface area contributed by atoms with Gasteiger partial charge in [0.15, 0.2) is 5.84 Å². The van der Waals surface area contributed by atoms with Crippen LogP contribution in [0.15, 0.2) is 70.4 Å². The summed E-state index contributed by atoms with van der Waals surface area (Å²) in [6.07, 6.45) is 5.88. The molecule has 0 unspecified atom stereocenters. The predicted molar refractivity (Wildman–Crippen MR) is 148 cm³/mol. The number of likely N-dealkylation sites (tertiary alicyclic amines) is 1. The zero-order chi connectivity index (χ0) is 25.5. The van der Waals surface area contributed by atoms with Crippen LogP contribution in [0.3, 0.4) is 0 Å². The molecule has 186 valence electrons. The molecule has 10 heteroatoms. The molecular formula is C27H23ClN6O2S. The standard InChI is InChI=1S/C27H23ClN6O2S/c28-19-9-7-17(8-10-19)15-33-16-18(20-5-1-2-6-22(20)33)13-21-25(29)34-27(30-26(21)36)37-23(31-34)14-24(35)32-11-3-4-12-32/h1-2,5-10,13,16,29H,3-4,11-12,14-15H2/b21-13-,29-25?. The van der Waals surface area contributed by atoms with E-state index in [0.717, 1.165) is 48.0 Å². The smallest absolute Gasteiger partial charge is 0.283 e. The largest absolute Gasteiger partial charge is 0.342 e. The van der Waals surface area contributed by atoms with E-state index in [4.69, 9.17) is 17.0 Å². The number of hydrogen-bond donors (Lipinski definition) is 1. The van der Waals surface area contributed by atoms with Crippen LogP contribution in [0.1, 0.15) is 30.4 Å². The van der Waals surface area contributed by atoms with Crippen LogP contribution in [-0.4, -0.2) is 55.4 Å². The third kappa shape index (κ3) is 4.60. The maximum atomic E-state index is 13.0. The Balaban J connectivity index is 1.29. The van der Waals surface area contributed by atoms with Crippen LogP contribution < -0.4 is 0 Å². The molecule has 1 N–H and O–H groups in total. The molecule has 8 nitrogen and oxygen atoms in total. The van der Waals surface area contributed by atoms with Crippen molar-refractivity contribution in [2.75, 3.05) is 13.1 Å². The molecule has 0 aliphatic carbocycles. The maximum absolute atomic E-state index is 13.0. The van der Waals surface area contributed by atoms with Crippen molar-refractivity contribution < 1.29 is 9.59 Å².